The van der Waals surface area contributed by atoms with E-state index in [9.17, 15) is 0 Å². The lowest BCUT2D eigenvalue weighted by Gasteiger charge is -2.32. The van der Waals surface area contributed by atoms with Crippen LogP contribution in [0.4, 0.5) is 5.13 Å². The summed E-state index contributed by atoms with van der Waals surface area (Å²) in [5.74, 6) is 1.30. The molecular weight excluding hydrogens is 250 g/mol. The average molecular weight is 271 g/mol. The highest BCUT2D eigenvalue weighted by atomic mass is 32.1. The molecule has 102 valence electrons. The molecule has 0 radical (unpaired) electrons. The van der Waals surface area contributed by atoms with Crippen LogP contribution in [-0.4, -0.2) is 46.9 Å². The topological polar surface area (TPSA) is 58.5 Å². The highest BCUT2D eigenvalue weighted by Gasteiger charge is 2.23. The van der Waals surface area contributed by atoms with Gasteiger partial charge in [0.1, 0.15) is 5.82 Å². The molecule has 1 aliphatic heterocycles. The molecule has 1 aromatic rings. The fourth-order valence-electron chi connectivity index (χ4n) is 2.06. The highest BCUT2D eigenvalue weighted by Crippen LogP contribution is 2.25. The minimum Gasteiger partial charge on any atom is -0.394 e. The predicted molar refractivity (Wildman–Crippen MR) is 72.3 cm³/mol. The number of piperidine rings is 1. The summed E-state index contributed by atoms with van der Waals surface area (Å²) in [5.41, 5.74) is 0. The number of aliphatic hydroxyl groups is 1. The van der Waals surface area contributed by atoms with E-state index in [1.54, 1.807) is 0 Å². The molecule has 2 rings (SSSR count). The van der Waals surface area contributed by atoms with Crippen molar-refractivity contribution in [1.82, 2.24) is 9.36 Å². The van der Waals surface area contributed by atoms with Crippen molar-refractivity contribution >= 4 is 16.7 Å². The van der Waals surface area contributed by atoms with Gasteiger partial charge in [0.2, 0.25) is 5.13 Å². The molecule has 5 nitrogen and oxygen atoms in total. The van der Waals surface area contributed by atoms with Gasteiger partial charge in [-0.05, 0) is 12.8 Å². The molecular formula is C12H21N3O2S. The fourth-order valence-corrected chi connectivity index (χ4v) is 2.90. The van der Waals surface area contributed by atoms with E-state index in [1.807, 2.05) is 0 Å². The third kappa shape index (κ3) is 3.40. The largest absolute Gasteiger partial charge is 0.394 e. The van der Waals surface area contributed by atoms with E-state index in [-0.39, 0.29) is 12.7 Å². The lowest BCUT2D eigenvalue weighted by Crippen LogP contribution is -2.40. The van der Waals surface area contributed by atoms with Crippen molar-refractivity contribution in [2.75, 3.05) is 31.2 Å². The van der Waals surface area contributed by atoms with E-state index < -0.39 is 0 Å². The van der Waals surface area contributed by atoms with Gasteiger partial charge in [0.25, 0.3) is 0 Å². The number of nitrogens with zero attached hydrogens (tertiary/aromatic N) is 3. The molecule has 1 fully saturated rings. The Bertz CT molecular complexity index is 370. The first-order valence-corrected chi connectivity index (χ1v) is 7.29. The predicted octanol–water partition coefficient (Wildman–Crippen LogP) is 1.64. The molecule has 0 aromatic carbocycles. The number of hydrogen-bond donors (Lipinski definition) is 1. The molecule has 0 spiro atoms. The van der Waals surface area contributed by atoms with Gasteiger partial charge in [-0.15, -0.1) is 0 Å². The summed E-state index contributed by atoms with van der Waals surface area (Å²) in [7, 11) is 0. The van der Waals surface area contributed by atoms with E-state index >= 15 is 0 Å². The zero-order chi connectivity index (χ0) is 13.0. The smallest absolute Gasteiger partial charge is 0.205 e. The summed E-state index contributed by atoms with van der Waals surface area (Å²) in [6.45, 7) is 6.60. The van der Waals surface area contributed by atoms with Crippen molar-refractivity contribution in [1.29, 1.82) is 0 Å². The first kappa shape index (κ1) is 13.7. The van der Waals surface area contributed by atoms with Gasteiger partial charge in [-0.25, -0.2) is 4.98 Å². The minimum absolute atomic E-state index is 0.0901. The second-order valence-corrected chi connectivity index (χ2v) is 5.62. The number of aliphatic hydroxyl groups excluding tert-OH is 1. The molecule has 0 aliphatic carbocycles. The van der Waals surface area contributed by atoms with Gasteiger partial charge in [0.15, 0.2) is 0 Å². The fraction of sp³-hybridized carbons (Fsp3) is 0.833. The average Bonchev–Trinajstić information content (AvgIpc) is 2.86. The van der Waals surface area contributed by atoms with Crippen molar-refractivity contribution in [3.8, 4) is 0 Å². The summed E-state index contributed by atoms with van der Waals surface area (Å²) in [4.78, 5) is 6.82. The van der Waals surface area contributed by atoms with Gasteiger partial charge in [-0.2, -0.15) is 4.37 Å². The minimum atomic E-state index is 0.0901. The van der Waals surface area contributed by atoms with Crippen LogP contribution in [0, 0.1) is 0 Å². The van der Waals surface area contributed by atoms with Crippen LogP contribution >= 0.6 is 11.5 Å². The molecule has 0 amide bonds. The van der Waals surface area contributed by atoms with E-state index in [0.717, 1.165) is 36.9 Å². The second-order valence-electron chi connectivity index (χ2n) is 4.89. The number of ether oxygens (including phenoxy) is 1. The molecule has 1 aliphatic rings. The summed E-state index contributed by atoms with van der Waals surface area (Å²) >= 11 is 1.47. The van der Waals surface area contributed by atoms with Crippen molar-refractivity contribution in [2.24, 2.45) is 0 Å². The van der Waals surface area contributed by atoms with Crippen LogP contribution in [-0.2, 0) is 4.74 Å². The van der Waals surface area contributed by atoms with Crippen LogP contribution in [0.1, 0.15) is 38.4 Å². The Morgan fingerprint density at radius 3 is 3.06 bits per heavy atom. The SMILES string of the molecule is CC(C)c1nsc(N2CCC[C@@H](OCCO)C2)n1. The Labute approximate surface area is 112 Å². The lowest BCUT2D eigenvalue weighted by atomic mass is 10.1. The quantitative estimate of drug-likeness (QED) is 0.882. The number of hydrogen-bond acceptors (Lipinski definition) is 6. The Morgan fingerprint density at radius 1 is 1.56 bits per heavy atom. The number of rotatable bonds is 5. The van der Waals surface area contributed by atoms with Crippen LogP contribution in [0.5, 0.6) is 0 Å². The maximum atomic E-state index is 8.79. The van der Waals surface area contributed by atoms with E-state index in [1.165, 1.54) is 11.5 Å². The first-order chi connectivity index (χ1) is 8.70. The molecule has 1 N–H and O–H groups in total. The Morgan fingerprint density at radius 2 is 2.39 bits per heavy atom. The lowest BCUT2D eigenvalue weighted by molar-refractivity contribution is 0.0214. The standard InChI is InChI=1S/C12H21N3O2S/c1-9(2)11-13-12(18-14-11)15-5-3-4-10(8-15)17-7-6-16/h9-10,16H,3-8H2,1-2H3/t10-/m1/s1. The first-order valence-electron chi connectivity index (χ1n) is 6.51. The number of anilines is 1. The molecule has 1 aromatic heterocycles. The number of aromatic nitrogens is 2. The Balaban J connectivity index is 1.94. The van der Waals surface area contributed by atoms with Crippen LogP contribution in [0.2, 0.25) is 0 Å². The van der Waals surface area contributed by atoms with Crippen LogP contribution in [0.25, 0.3) is 0 Å². The summed E-state index contributed by atoms with van der Waals surface area (Å²) in [6.07, 6.45) is 2.37. The summed E-state index contributed by atoms with van der Waals surface area (Å²) < 4.78 is 9.99. The second kappa shape index (κ2) is 6.45. The third-order valence-corrected chi connectivity index (χ3v) is 3.83. The van der Waals surface area contributed by atoms with Gasteiger partial charge in [0.05, 0.1) is 19.3 Å². The molecule has 1 saturated heterocycles. The van der Waals surface area contributed by atoms with Crippen LogP contribution in [0.15, 0.2) is 0 Å². The Hall–Kier alpha value is -0.720. The van der Waals surface area contributed by atoms with E-state index in [2.05, 4.69) is 28.1 Å². The maximum absolute atomic E-state index is 8.79. The zero-order valence-electron chi connectivity index (χ0n) is 11.0. The van der Waals surface area contributed by atoms with E-state index in [0.29, 0.717) is 12.5 Å². The van der Waals surface area contributed by atoms with Crippen molar-refractivity contribution in [3.05, 3.63) is 5.82 Å². The maximum Gasteiger partial charge on any atom is 0.205 e. The highest BCUT2D eigenvalue weighted by molar-refractivity contribution is 7.09. The van der Waals surface area contributed by atoms with E-state index in [4.69, 9.17) is 9.84 Å². The molecule has 18 heavy (non-hydrogen) atoms. The van der Waals surface area contributed by atoms with Crippen LogP contribution < -0.4 is 4.90 Å². The van der Waals surface area contributed by atoms with Gasteiger partial charge in [-0.3, -0.25) is 0 Å². The van der Waals surface area contributed by atoms with Crippen molar-refractivity contribution in [3.63, 3.8) is 0 Å². The molecule has 2 heterocycles. The van der Waals surface area contributed by atoms with Crippen molar-refractivity contribution < 1.29 is 9.84 Å². The third-order valence-electron chi connectivity index (χ3n) is 3.04. The summed E-state index contributed by atoms with van der Waals surface area (Å²) in [6, 6.07) is 0. The zero-order valence-corrected chi connectivity index (χ0v) is 11.8. The van der Waals surface area contributed by atoms with Gasteiger partial charge in [-0.1, -0.05) is 13.8 Å². The Kier molecular flexibility index (Phi) is 4.91. The molecule has 0 unspecified atom stereocenters. The van der Waals surface area contributed by atoms with Gasteiger partial charge >= 0.3 is 0 Å². The van der Waals surface area contributed by atoms with Crippen LogP contribution in [0.3, 0.4) is 0 Å². The molecule has 6 heteroatoms. The molecule has 0 saturated carbocycles. The van der Waals surface area contributed by atoms with Gasteiger partial charge in [0, 0.05) is 30.5 Å². The normalized spacial score (nSPS) is 20.7. The van der Waals surface area contributed by atoms with Crippen molar-refractivity contribution in [2.45, 2.75) is 38.7 Å². The molecule has 1 atom stereocenters. The monoisotopic (exact) mass is 271 g/mol. The molecule has 0 bridgehead atoms. The van der Waals surface area contributed by atoms with Gasteiger partial charge < -0.3 is 14.7 Å². The summed E-state index contributed by atoms with van der Waals surface area (Å²) in [5, 5.41) is 9.78.